The summed E-state index contributed by atoms with van der Waals surface area (Å²) in [6.07, 6.45) is 2.37. The lowest BCUT2D eigenvalue weighted by atomic mass is 10.1. The zero-order valence-corrected chi connectivity index (χ0v) is 11.3. The molecular weight excluding hydrogens is 250 g/mol. The summed E-state index contributed by atoms with van der Waals surface area (Å²) in [7, 11) is -3.42. The van der Waals surface area contributed by atoms with Gasteiger partial charge < -0.3 is 4.98 Å². The Morgan fingerprint density at radius 2 is 2.17 bits per heavy atom. The predicted molar refractivity (Wildman–Crippen MR) is 70.7 cm³/mol. The highest BCUT2D eigenvalue weighted by molar-refractivity contribution is 7.89. The third-order valence-electron chi connectivity index (χ3n) is 2.72. The van der Waals surface area contributed by atoms with E-state index in [0.717, 1.165) is 17.5 Å². The van der Waals surface area contributed by atoms with E-state index in [1.54, 1.807) is 24.5 Å². The standard InChI is InChI=1S/C12H17N3O2S/c1-9(2)5-6-15-18(16,17)10-3-4-11-12(7-10)14-8-13-11/h3-4,7-9,15H,5-6H2,1-2H3,(H,13,14). The molecule has 18 heavy (non-hydrogen) atoms. The van der Waals surface area contributed by atoms with Crippen LogP contribution in [0.2, 0.25) is 0 Å². The van der Waals surface area contributed by atoms with Crippen molar-refractivity contribution in [3.05, 3.63) is 24.5 Å². The second kappa shape index (κ2) is 5.07. The molecule has 0 spiro atoms. The van der Waals surface area contributed by atoms with E-state index >= 15 is 0 Å². The molecule has 6 heteroatoms. The topological polar surface area (TPSA) is 74.8 Å². The number of hydrogen-bond donors (Lipinski definition) is 2. The summed E-state index contributed by atoms with van der Waals surface area (Å²) >= 11 is 0. The number of imidazole rings is 1. The van der Waals surface area contributed by atoms with Gasteiger partial charge in [0, 0.05) is 6.54 Å². The number of aromatic nitrogens is 2. The highest BCUT2D eigenvalue weighted by atomic mass is 32.2. The number of sulfonamides is 1. The molecule has 2 rings (SSSR count). The fraction of sp³-hybridized carbons (Fsp3) is 0.417. The van der Waals surface area contributed by atoms with E-state index in [1.165, 1.54) is 0 Å². The van der Waals surface area contributed by atoms with Gasteiger partial charge in [-0.15, -0.1) is 0 Å². The maximum absolute atomic E-state index is 12.0. The molecule has 0 atom stereocenters. The average Bonchev–Trinajstić information content (AvgIpc) is 2.74. The Morgan fingerprint density at radius 1 is 1.39 bits per heavy atom. The summed E-state index contributed by atoms with van der Waals surface area (Å²) in [6.45, 7) is 4.58. The number of aromatic amines is 1. The van der Waals surface area contributed by atoms with E-state index < -0.39 is 10.0 Å². The first-order valence-electron chi connectivity index (χ1n) is 5.92. The van der Waals surface area contributed by atoms with Gasteiger partial charge in [-0.3, -0.25) is 0 Å². The molecule has 98 valence electrons. The monoisotopic (exact) mass is 267 g/mol. The van der Waals surface area contributed by atoms with Crippen molar-refractivity contribution in [1.82, 2.24) is 14.7 Å². The van der Waals surface area contributed by atoms with E-state index in [-0.39, 0.29) is 4.90 Å². The van der Waals surface area contributed by atoms with Crippen molar-refractivity contribution in [3.8, 4) is 0 Å². The molecule has 0 saturated heterocycles. The van der Waals surface area contributed by atoms with Gasteiger partial charge >= 0.3 is 0 Å². The van der Waals surface area contributed by atoms with Crippen LogP contribution in [0.5, 0.6) is 0 Å². The van der Waals surface area contributed by atoms with Crippen molar-refractivity contribution in [2.75, 3.05) is 6.54 Å². The van der Waals surface area contributed by atoms with E-state index in [0.29, 0.717) is 12.5 Å². The second-order valence-corrected chi connectivity index (χ2v) is 6.43. The molecule has 2 aromatic rings. The van der Waals surface area contributed by atoms with Gasteiger partial charge in [0.2, 0.25) is 10.0 Å². The van der Waals surface area contributed by atoms with Crippen molar-refractivity contribution in [1.29, 1.82) is 0 Å². The quantitative estimate of drug-likeness (QED) is 0.868. The van der Waals surface area contributed by atoms with Crippen LogP contribution in [-0.4, -0.2) is 24.9 Å². The molecule has 0 aliphatic heterocycles. The fourth-order valence-electron chi connectivity index (χ4n) is 1.65. The van der Waals surface area contributed by atoms with E-state index in [4.69, 9.17) is 0 Å². The van der Waals surface area contributed by atoms with Gasteiger partial charge in [-0.1, -0.05) is 13.8 Å². The Bertz CT molecular complexity index is 632. The molecule has 0 amide bonds. The summed E-state index contributed by atoms with van der Waals surface area (Å²) in [4.78, 5) is 7.23. The summed E-state index contributed by atoms with van der Waals surface area (Å²) in [5.74, 6) is 0.475. The lowest BCUT2D eigenvalue weighted by molar-refractivity contribution is 0.551. The number of nitrogens with zero attached hydrogens (tertiary/aromatic N) is 1. The SMILES string of the molecule is CC(C)CCNS(=O)(=O)c1ccc2nc[nH]c2c1. The first-order valence-corrected chi connectivity index (χ1v) is 7.40. The summed E-state index contributed by atoms with van der Waals surface area (Å²) in [5, 5.41) is 0. The minimum Gasteiger partial charge on any atom is -0.345 e. The zero-order chi connectivity index (χ0) is 13.2. The van der Waals surface area contributed by atoms with Crippen LogP contribution < -0.4 is 4.72 Å². The van der Waals surface area contributed by atoms with Crippen molar-refractivity contribution < 1.29 is 8.42 Å². The van der Waals surface area contributed by atoms with Crippen LogP contribution in [0, 0.1) is 5.92 Å². The molecule has 0 aliphatic rings. The number of benzene rings is 1. The number of hydrogen-bond acceptors (Lipinski definition) is 3. The summed E-state index contributed by atoms with van der Waals surface area (Å²) in [5.41, 5.74) is 1.48. The molecule has 0 fully saturated rings. The molecule has 1 heterocycles. The van der Waals surface area contributed by atoms with Gasteiger partial charge in [-0.05, 0) is 30.5 Å². The number of fused-ring (bicyclic) bond motifs is 1. The zero-order valence-electron chi connectivity index (χ0n) is 10.5. The van der Waals surface area contributed by atoms with Crippen LogP contribution in [0.3, 0.4) is 0 Å². The number of nitrogens with one attached hydrogen (secondary N) is 2. The summed E-state index contributed by atoms with van der Waals surface area (Å²) in [6, 6.07) is 4.86. The molecule has 0 radical (unpaired) electrons. The van der Waals surface area contributed by atoms with Gasteiger partial charge in [0.15, 0.2) is 0 Å². The minimum absolute atomic E-state index is 0.267. The van der Waals surface area contributed by atoms with E-state index in [2.05, 4.69) is 28.5 Å². The first kappa shape index (κ1) is 13.0. The Kier molecular flexibility index (Phi) is 3.68. The lowest BCUT2D eigenvalue weighted by Gasteiger charge is -2.08. The Labute approximate surface area is 107 Å². The lowest BCUT2D eigenvalue weighted by Crippen LogP contribution is -2.25. The molecule has 1 aromatic heterocycles. The van der Waals surface area contributed by atoms with Gasteiger partial charge in [-0.25, -0.2) is 18.1 Å². The first-order chi connectivity index (χ1) is 8.49. The van der Waals surface area contributed by atoms with Crippen molar-refractivity contribution in [3.63, 3.8) is 0 Å². The molecule has 0 unspecified atom stereocenters. The Hall–Kier alpha value is -1.40. The van der Waals surface area contributed by atoms with Crippen LogP contribution in [0.25, 0.3) is 11.0 Å². The molecule has 0 bridgehead atoms. The van der Waals surface area contributed by atoms with Crippen LogP contribution in [-0.2, 0) is 10.0 Å². The third kappa shape index (κ3) is 2.88. The van der Waals surface area contributed by atoms with E-state index in [1.807, 2.05) is 0 Å². The molecule has 1 aromatic carbocycles. The maximum Gasteiger partial charge on any atom is 0.240 e. The normalized spacial score (nSPS) is 12.4. The summed E-state index contributed by atoms with van der Waals surface area (Å²) < 4.78 is 26.7. The second-order valence-electron chi connectivity index (χ2n) is 4.66. The van der Waals surface area contributed by atoms with Crippen LogP contribution >= 0.6 is 0 Å². The van der Waals surface area contributed by atoms with Gasteiger partial charge in [0.25, 0.3) is 0 Å². The van der Waals surface area contributed by atoms with Gasteiger partial charge in [0.05, 0.1) is 22.3 Å². The number of H-pyrrole nitrogens is 1. The smallest absolute Gasteiger partial charge is 0.240 e. The average molecular weight is 267 g/mol. The third-order valence-corrected chi connectivity index (χ3v) is 4.17. The predicted octanol–water partition coefficient (Wildman–Crippen LogP) is 1.89. The Balaban J connectivity index is 2.18. The van der Waals surface area contributed by atoms with Crippen molar-refractivity contribution >= 4 is 21.1 Å². The van der Waals surface area contributed by atoms with E-state index in [9.17, 15) is 8.42 Å². The van der Waals surface area contributed by atoms with Crippen molar-refractivity contribution in [2.24, 2.45) is 5.92 Å². The fourth-order valence-corrected chi connectivity index (χ4v) is 2.72. The van der Waals surface area contributed by atoms with Gasteiger partial charge in [0.1, 0.15) is 0 Å². The number of rotatable bonds is 5. The molecule has 5 nitrogen and oxygen atoms in total. The Morgan fingerprint density at radius 3 is 2.89 bits per heavy atom. The highest BCUT2D eigenvalue weighted by Gasteiger charge is 2.14. The molecule has 0 aliphatic carbocycles. The van der Waals surface area contributed by atoms with Crippen LogP contribution in [0.1, 0.15) is 20.3 Å². The van der Waals surface area contributed by atoms with Gasteiger partial charge in [-0.2, -0.15) is 0 Å². The largest absolute Gasteiger partial charge is 0.345 e. The van der Waals surface area contributed by atoms with Crippen LogP contribution in [0.15, 0.2) is 29.4 Å². The molecule has 0 saturated carbocycles. The molecule has 2 N–H and O–H groups in total. The molecular formula is C12H17N3O2S. The maximum atomic E-state index is 12.0. The van der Waals surface area contributed by atoms with Crippen LogP contribution in [0.4, 0.5) is 0 Å². The van der Waals surface area contributed by atoms with Crippen molar-refractivity contribution in [2.45, 2.75) is 25.2 Å². The minimum atomic E-state index is -3.42. The highest BCUT2D eigenvalue weighted by Crippen LogP contribution is 2.15.